The van der Waals surface area contributed by atoms with Crippen LogP contribution in [0.2, 0.25) is 10.0 Å². The van der Waals surface area contributed by atoms with E-state index in [-0.39, 0.29) is 23.8 Å². The van der Waals surface area contributed by atoms with Crippen molar-refractivity contribution >= 4 is 57.0 Å². The quantitative estimate of drug-likeness (QED) is 0.316. The van der Waals surface area contributed by atoms with Crippen LogP contribution in [0.5, 0.6) is 5.75 Å². The number of nitrogens with one attached hydrogen (secondary N) is 1. The second-order valence-electron chi connectivity index (χ2n) is 7.58. The average molecular weight is 545 g/mol. The van der Waals surface area contributed by atoms with Crippen LogP contribution in [0.3, 0.4) is 0 Å². The van der Waals surface area contributed by atoms with Crippen molar-refractivity contribution in [3.8, 4) is 5.75 Å². The highest BCUT2D eigenvalue weighted by molar-refractivity contribution is 7.92. The van der Waals surface area contributed by atoms with Gasteiger partial charge in [-0.2, -0.15) is 0 Å². The molecule has 0 saturated carbocycles. The molecular formula is C24H28Cl3N3O3S. The number of nitrogens with zero attached hydrogens (tertiary/aromatic N) is 2. The number of likely N-dealkylation sites (N-methyl/N-ethyl adjacent to an activating group) is 1. The van der Waals surface area contributed by atoms with E-state index in [1.807, 2.05) is 37.2 Å². The monoisotopic (exact) mass is 543 g/mol. The van der Waals surface area contributed by atoms with Crippen LogP contribution >= 0.6 is 35.6 Å². The molecule has 0 radical (unpaired) electrons. The number of hydrogen-bond donors (Lipinski definition) is 1. The van der Waals surface area contributed by atoms with Gasteiger partial charge in [0.2, 0.25) is 0 Å². The fraction of sp³-hybridized carbons (Fsp3) is 0.250. The lowest BCUT2D eigenvalue weighted by atomic mass is 10.2. The van der Waals surface area contributed by atoms with Crippen molar-refractivity contribution in [2.75, 3.05) is 50.0 Å². The maximum atomic E-state index is 13.6. The Bertz CT molecular complexity index is 1160. The Balaban J connectivity index is 0.00000408. The zero-order chi connectivity index (χ0) is 23.8. The van der Waals surface area contributed by atoms with Gasteiger partial charge >= 0.3 is 0 Å². The first-order valence-corrected chi connectivity index (χ1v) is 12.6. The summed E-state index contributed by atoms with van der Waals surface area (Å²) < 4.78 is 34.3. The van der Waals surface area contributed by atoms with E-state index >= 15 is 0 Å². The van der Waals surface area contributed by atoms with E-state index in [1.165, 1.54) is 10.4 Å². The Morgan fingerprint density at radius 3 is 2.26 bits per heavy atom. The van der Waals surface area contributed by atoms with Crippen LogP contribution in [0.4, 0.5) is 11.4 Å². The van der Waals surface area contributed by atoms with Gasteiger partial charge in [0.15, 0.2) is 0 Å². The molecule has 3 aromatic carbocycles. The number of halogens is 3. The number of para-hydroxylation sites is 2. The van der Waals surface area contributed by atoms with Gasteiger partial charge in [-0.15, -0.1) is 12.4 Å². The van der Waals surface area contributed by atoms with Crippen molar-refractivity contribution in [2.24, 2.45) is 0 Å². The van der Waals surface area contributed by atoms with Crippen molar-refractivity contribution in [3.05, 3.63) is 82.8 Å². The number of hydrogen-bond acceptors (Lipinski definition) is 5. The van der Waals surface area contributed by atoms with Crippen LogP contribution < -0.4 is 14.4 Å². The summed E-state index contributed by atoms with van der Waals surface area (Å²) in [5.74, 6) is 0.714. The van der Waals surface area contributed by atoms with E-state index in [2.05, 4.69) is 5.32 Å². The molecule has 0 bridgehead atoms. The number of benzene rings is 3. The molecule has 0 amide bonds. The molecule has 0 aliphatic heterocycles. The van der Waals surface area contributed by atoms with Gasteiger partial charge in [-0.3, -0.25) is 4.31 Å². The standard InChI is InChI=1S/C24H27Cl2N3O3S.ClH/c1-28(2)15-16-29(33(30,31)22-7-5-6-20(26)18-22)24-9-4-3-8-23(24)27-14-17-32-21-12-10-19(25)11-13-21;/h3-13,18,27H,14-17H2,1-2H3;1H. The highest BCUT2D eigenvalue weighted by Gasteiger charge is 2.27. The minimum atomic E-state index is -3.83. The molecule has 0 aromatic heterocycles. The Labute approximate surface area is 217 Å². The smallest absolute Gasteiger partial charge is 0.264 e. The summed E-state index contributed by atoms with van der Waals surface area (Å²) in [6.07, 6.45) is 0. The summed E-state index contributed by atoms with van der Waals surface area (Å²) in [6.45, 7) is 1.71. The number of ether oxygens (including phenoxy) is 1. The van der Waals surface area contributed by atoms with Gasteiger partial charge in [-0.25, -0.2) is 8.42 Å². The number of rotatable bonds is 11. The van der Waals surface area contributed by atoms with Crippen LogP contribution in [0.1, 0.15) is 0 Å². The maximum absolute atomic E-state index is 13.6. The third kappa shape index (κ3) is 7.68. The zero-order valence-electron chi connectivity index (χ0n) is 18.9. The molecule has 1 N–H and O–H groups in total. The molecule has 3 rings (SSSR count). The van der Waals surface area contributed by atoms with Crippen LogP contribution in [0.25, 0.3) is 0 Å². The molecule has 34 heavy (non-hydrogen) atoms. The van der Waals surface area contributed by atoms with Gasteiger partial charge in [0.05, 0.1) is 16.3 Å². The van der Waals surface area contributed by atoms with E-state index in [1.54, 1.807) is 48.5 Å². The Hall–Kier alpha value is -2.16. The van der Waals surface area contributed by atoms with E-state index in [0.717, 1.165) is 0 Å². The topological polar surface area (TPSA) is 61.9 Å². The van der Waals surface area contributed by atoms with Crippen molar-refractivity contribution < 1.29 is 13.2 Å². The number of sulfonamides is 1. The first-order valence-electron chi connectivity index (χ1n) is 10.4. The Morgan fingerprint density at radius 2 is 1.59 bits per heavy atom. The second kappa shape index (κ2) is 13.1. The van der Waals surface area contributed by atoms with Crippen LogP contribution in [-0.4, -0.2) is 53.7 Å². The molecule has 184 valence electrons. The van der Waals surface area contributed by atoms with Crippen LogP contribution in [0.15, 0.2) is 77.7 Å². The predicted octanol–water partition coefficient (Wildman–Crippen LogP) is 5.66. The zero-order valence-corrected chi connectivity index (χ0v) is 22.1. The minimum absolute atomic E-state index is 0. The molecule has 0 aliphatic carbocycles. The van der Waals surface area contributed by atoms with Crippen molar-refractivity contribution in [1.29, 1.82) is 0 Å². The van der Waals surface area contributed by atoms with Gasteiger partial charge in [-0.05, 0) is 68.7 Å². The third-order valence-corrected chi connectivity index (χ3v) is 7.10. The van der Waals surface area contributed by atoms with E-state index in [9.17, 15) is 8.42 Å². The third-order valence-electron chi connectivity index (χ3n) is 4.81. The SMILES string of the molecule is CN(C)CCN(c1ccccc1NCCOc1ccc(Cl)cc1)S(=O)(=O)c1cccc(Cl)c1.Cl. The highest BCUT2D eigenvalue weighted by atomic mass is 35.5. The molecule has 3 aromatic rings. The predicted molar refractivity (Wildman–Crippen MR) is 144 cm³/mol. The largest absolute Gasteiger partial charge is 0.492 e. The van der Waals surface area contributed by atoms with Crippen molar-refractivity contribution in [1.82, 2.24) is 4.90 Å². The Morgan fingerprint density at radius 1 is 0.882 bits per heavy atom. The highest BCUT2D eigenvalue weighted by Crippen LogP contribution is 2.31. The van der Waals surface area contributed by atoms with Gasteiger partial charge < -0.3 is 15.0 Å². The molecule has 6 nitrogen and oxygen atoms in total. The molecule has 0 saturated heterocycles. The first kappa shape index (κ1) is 28.1. The normalized spacial score (nSPS) is 11.1. The van der Waals surface area contributed by atoms with Crippen LogP contribution in [-0.2, 0) is 10.0 Å². The molecule has 10 heteroatoms. The molecule has 0 aliphatic rings. The lowest BCUT2D eigenvalue weighted by Crippen LogP contribution is -2.37. The van der Waals surface area contributed by atoms with Crippen molar-refractivity contribution in [2.45, 2.75) is 4.90 Å². The summed E-state index contributed by atoms with van der Waals surface area (Å²) in [7, 11) is -0.0236. The van der Waals surface area contributed by atoms with Gasteiger partial charge in [0.25, 0.3) is 10.0 Å². The summed E-state index contributed by atoms with van der Waals surface area (Å²) >= 11 is 12.0. The average Bonchev–Trinajstić information content (AvgIpc) is 2.78. The van der Waals surface area contributed by atoms with Gasteiger partial charge in [0.1, 0.15) is 12.4 Å². The van der Waals surface area contributed by atoms with E-state index in [0.29, 0.717) is 46.9 Å². The van der Waals surface area contributed by atoms with Crippen LogP contribution in [0, 0.1) is 0 Å². The van der Waals surface area contributed by atoms with E-state index < -0.39 is 10.0 Å². The molecule has 0 spiro atoms. The van der Waals surface area contributed by atoms with Gasteiger partial charge in [-0.1, -0.05) is 41.4 Å². The fourth-order valence-corrected chi connectivity index (χ4v) is 5.04. The summed E-state index contributed by atoms with van der Waals surface area (Å²) in [5, 5.41) is 4.32. The molecule has 0 heterocycles. The van der Waals surface area contributed by atoms with Crippen molar-refractivity contribution in [3.63, 3.8) is 0 Å². The Kier molecular flexibility index (Phi) is 10.8. The summed E-state index contributed by atoms with van der Waals surface area (Å²) in [5.41, 5.74) is 1.26. The minimum Gasteiger partial charge on any atom is -0.492 e. The molecule has 0 atom stereocenters. The fourth-order valence-electron chi connectivity index (χ4n) is 3.14. The summed E-state index contributed by atoms with van der Waals surface area (Å²) in [6, 6.07) is 20.8. The first-order chi connectivity index (χ1) is 15.8. The second-order valence-corrected chi connectivity index (χ2v) is 10.3. The maximum Gasteiger partial charge on any atom is 0.264 e. The molecular weight excluding hydrogens is 517 g/mol. The van der Waals surface area contributed by atoms with Gasteiger partial charge in [0, 0.05) is 29.7 Å². The molecule has 0 unspecified atom stereocenters. The lowest BCUT2D eigenvalue weighted by molar-refractivity contribution is 0.333. The molecule has 0 fully saturated rings. The summed E-state index contributed by atoms with van der Waals surface area (Å²) in [4.78, 5) is 2.09. The lowest BCUT2D eigenvalue weighted by Gasteiger charge is -2.28. The number of anilines is 2. The van der Waals surface area contributed by atoms with E-state index in [4.69, 9.17) is 27.9 Å².